The Morgan fingerprint density at radius 1 is 1.47 bits per heavy atom. The van der Waals surface area contributed by atoms with E-state index in [0.29, 0.717) is 5.69 Å². The van der Waals surface area contributed by atoms with Gasteiger partial charge in [-0.3, -0.25) is 9.48 Å². The molecule has 0 aliphatic carbocycles. The van der Waals surface area contributed by atoms with Gasteiger partial charge in [0.05, 0.1) is 5.69 Å². The Kier molecular flexibility index (Phi) is 3.78. The molecule has 0 saturated carbocycles. The number of carbonyl (C=O) groups excluding carboxylic acids is 1. The van der Waals surface area contributed by atoms with Gasteiger partial charge in [-0.05, 0) is 25.5 Å². The molecule has 1 aliphatic heterocycles. The fourth-order valence-electron chi connectivity index (χ4n) is 2.11. The monoisotopic (exact) mass is 236 g/mol. The van der Waals surface area contributed by atoms with Crippen LogP contribution >= 0.6 is 0 Å². The van der Waals surface area contributed by atoms with Gasteiger partial charge >= 0.3 is 0 Å². The second-order valence-electron chi connectivity index (χ2n) is 4.39. The first-order valence-corrected chi connectivity index (χ1v) is 6.25. The van der Waals surface area contributed by atoms with Crippen molar-refractivity contribution in [1.29, 1.82) is 0 Å². The number of aromatic nitrogens is 2. The third-order valence-corrected chi connectivity index (χ3v) is 3.14. The van der Waals surface area contributed by atoms with Crippen molar-refractivity contribution >= 4 is 5.91 Å². The zero-order valence-corrected chi connectivity index (χ0v) is 10.6. The molecule has 17 heavy (non-hydrogen) atoms. The summed E-state index contributed by atoms with van der Waals surface area (Å²) in [6, 6.07) is 1.90. The number of nitrogens with zero attached hydrogens (tertiary/aromatic N) is 3. The van der Waals surface area contributed by atoms with Gasteiger partial charge < -0.3 is 10.2 Å². The Labute approximate surface area is 102 Å². The molecular weight excluding hydrogens is 216 g/mol. The molecule has 94 valence electrons. The van der Waals surface area contributed by atoms with Crippen molar-refractivity contribution < 1.29 is 4.79 Å². The highest BCUT2D eigenvalue weighted by atomic mass is 16.2. The zero-order chi connectivity index (χ0) is 12.3. The first-order chi connectivity index (χ1) is 8.22. The van der Waals surface area contributed by atoms with E-state index in [9.17, 15) is 4.79 Å². The maximum Gasteiger partial charge on any atom is 0.272 e. The molecule has 1 amide bonds. The highest BCUT2D eigenvalue weighted by molar-refractivity contribution is 5.92. The number of rotatable bonds is 2. The van der Waals surface area contributed by atoms with E-state index in [0.717, 1.165) is 44.7 Å². The molecule has 0 unspecified atom stereocenters. The standard InChI is InChI=1S/C12H20N4O/c1-3-10-9-11(15(2)14-10)12(17)16-7-4-5-13-6-8-16/h9,13H,3-8H2,1-2H3. The lowest BCUT2D eigenvalue weighted by Crippen LogP contribution is -2.35. The first-order valence-electron chi connectivity index (χ1n) is 6.25. The summed E-state index contributed by atoms with van der Waals surface area (Å²) in [5.41, 5.74) is 1.67. The summed E-state index contributed by atoms with van der Waals surface area (Å²) in [6.45, 7) is 5.54. The van der Waals surface area contributed by atoms with Crippen LogP contribution in [-0.2, 0) is 13.5 Å². The van der Waals surface area contributed by atoms with Gasteiger partial charge in [-0.15, -0.1) is 0 Å². The van der Waals surface area contributed by atoms with Crippen LogP contribution in [0.3, 0.4) is 0 Å². The number of amides is 1. The molecule has 0 spiro atoms. The molecule has 1 fully saturated rings. The summed E-state index contributed by atoms with van der Waals surface area (Å²) >= 11 is 0. The predicted molar refractivity (Wildman–Crippen MR) is 66.0 cm³/mol. The van der Waals surface area contributed by atoms with Crippen LogP contribution in [0.1, 0.15) is 29.5 Å². The molecular formula is C12H20N4O. The molecule has 0 aromatic carbocycles. The molecule has 2 rings (SSSR count). The van der Waals surface area contributed by atoms with Crippen molar-refractivity contribution in [2.45, 2.75) is 19.8 Å². The minimum atomic E-state index is 0.100. The van der Waals surface area contributed by atoms with Crippen LogP contribution in [0, 0.1) is 0 Å². The van der Waals surface area contributed by atoms with E-state index in [-0.39, 0.29) is 5.91 Å². The second kappa shape index (κ2) is 5.31. The van der Waals surface area contributed by atoms with Gasteiger partial charge in [0.1, 0.15) is 5.69 Å². The molecule has 0 radical (unpaired) electrons. The lowest BCUT2D eigenvalue weighted by atomic mass is 10.2. The van der Waals surface area contributed by atoms with Crippen molar-refractivity contribution in [2.24, 2.45) is 7.05 Å². The van der Waals surface area contributed by atoms with Crippen LogP contribution in [0.15, 0.2) is 6.07 Å². The Morgan fingerprint density at radius 3 is 3.00 bits per heavy atom. The molecule has 1 N–H and O–H groups in total. The maximum absolute atomic E-state index is 12.3. The van der Waals surface area contributed by atoms with Gasteiger partial charge in [-0.2, -0.15) is 5.10 Å². The van der Waals surface area contributed by atoms with Crippen LogP contribution in [0.5, 0.6) is 0 Å². The van der Waals surface area contributed by atoms with Gasteiger partial charge in [-0.25, -0.2) is 0 Å². The molecule has 5 nitrogen and oxygen atoms in total. The smallest absolute Gasteiger partial charge is 0.272 e. The fourth-order valence-corrected chi connectivity index (χ4v) is 2.11. The van der Waals surface area contributed by atoms with Gasteiger partial charge in [0.15, 0.2) is 0 Å². The summed E-state index contributed by atoms with van der Waals surface area (Å²) in [5, 5.41) is 7.62. The highest BCUT2D eigenvalue weighted by Crippen LogP contribution is 2.09. The van der Waals surface area contributed by atoms with Crippen molar-refractivity contribution in [3.8, 4) is 0 Å². The summed E-state index contributed by atoms with van der Waals surface area (Å²) in [4.78, 5) is 14.3. The highest BCUT2D eigenvalue weighted by Gasteiger charge is 2.20. The minimum absolute atomic E-state index is 0.100. The van der Waals surface area contributed by atoms with E-state index in [1.165, 1.54) is 0 Å². The maximum atomic E-state index is 12.3. The fraction of sp³-hybridized carbons (Fsp3) is 0.667. The average molecular weight is 236 g/mol. The van der Waals surface area contributed by atoms with Crippen molar-refractivity contribution in [2.75, 3.05) is 26.2 Å². The van der Waals surface area contributed by atoms with Crippen LogP contribution in [-0.4, -0.2) is 46.8 Å². The minimum Gasteiger partial charge on any atom is -0.336 e. The SMILES string of the molecule is CCc1cc(C(=O)N2CCCNCC2)n(C)n1. The molecule has 0 atom stereocenters. The van der Waals surface area contributed by atoms with Crippen molar-refractivity contribution in [3.05, 3.63) is 17.5 Å². The normalized spacial score (nSPS) is 16.9. The molecule has 1 saturated heterocycles. The van der Waals surface area contributed by atoms with Crippen LogP contribution in [0.2, 0.25) is 0 Å². The number of nitrogens with one attached hydrogen (secondary N) is 1. The molecule has 2 heterocycles. The molecule has 0 bridgehead atoms. The number of hydrogen-bond acceptors (Lipinski definition) is 3. The summed E-state index contributed by atoms with van der Waals surface area (Å²) in [5.74, 6) is 0.100. The largest absolute Gasteiger partial charge is 0.336 e. The topological polar surface area (TPSA) is 50.2 Å². The lowest BCUT2D eigenvalue weighted by Gasteiger charge is -2.19. The molecule has 1 aromatic rings. The zero-order valence-electron chi connectivity index (χ0n) is 10.6. The summed E-state index contributed by atoms with van der Waals surface area (Å²) in [6.07, 6.45) is 1.88. The Bertz CT molecular complexity index is 391. The Morgan fingerprint density at radius 2 is 2.29 bits per heavy atom. The molecule has 5 heteroatoms. The number of carbonyl (C=O) groups is 1. The molecule has 1 aliphatic rings. The van der Waals surface area contributed by atoms with Crippen LogP contribution < -0.4 is 5.32 Å². The van der Waals surface area contributed by atoms with Gasteiger partial charge in [0, 0.05) is 26.7 Å². The second-order valence-corrected chi connectivity index (χ2v) is 4.39. The van der Waals surface area contributed by atoms with Crippen molar-refractivity contribution in [3.63, 3.8) is 0 Å². The molecule has 1 aromatic heterocycles. The van der Waals surface area contributed by atoms with E-state index < -0.39 is 0 Å². The van der Waals surface area contributed by atoms with E-state index in [1.54, 1.807) is 4.68 Å². The number of hydrogen-bond donors (Lipinski definition) is 1. The Balaban J connectivity index is 2.14. The Hall–Kier alpha value is -1.36. The third-order valence-electron chi connectivity index (χ3n) is 3.14. The van der Waals surface area contributed by atoms with E-state index >= 15 is 0 Å². The van der Waals surface area contributed by atoms with Gasteiger partial charge in [-0.1, -0.05) is 6.92 Å². The van der Waals surface area contributed by atoms with Crippen LogP contribution in [0.4, 0.5) is 0 Å². The van der Waals surface area contributed by atoms with Gasteiger partial charge in [0.25, 0.3) is 5.91 Å². The quantitative estimate of drug-likeness (QED) is 0.809. The van der Waals surface area contributed by atoms with E-state index in [2.05, 4.69) is 10.4 Å². The van der Waals surface area contributed by atoms with E-state index in [1.807, 2.05) is 24.9 Å². The summed E-state index contributed by atoms with van der Waals surface area (Å²) in [7, 11) is 1.84. The first kappa shape index (κ1) is 12.1. The lowest BCUT2D eigenvalue weighted by molar-refractivity contribution is 0.0755. The van der Waals surface area contributed by atoms with Gasteiger partial charge in [0.2, 0.25) is 0 Å². The number of aryl methyl sites for hydroxylation is 2. The average Bonchev–Trinajstić information content (AvgIpc) is 2.56. The van der Waals surface area contributed by atoms with Crippen LogP contribution in [0.25, 0.3) is 0 Å². The predicted octanol–water partition coefficient (Wildman–Crippen LogP) is 0.418. The van der Waals surface area contributed by atoms with E-state index in [4.69, 9.17) is 0 Å². The summed E-state index contributed by atoms with van der Waals surface area (Å²) < 4.78 is 1.69. The van der Waals surface area contributed by atoms with Crippen molar-refractivity contribution in [1.82, 2.24) is 20.0 Å². The third kappa shape index (κ3) is 2.66.